The van der Waals surface area contributed by atoms with E-state index in [-0.39, 0.29) is 11.8 Å². The third kappa shape index (κ3) is 3.22. The highest BCUT2D eigenvalue weighted by atomic mass is 35.5. The minimum atomic E-state index is -0.912. The molecule has 5 nitrogen and oxygen atoms in total. The van der Waals surface area contributed by atoms with Gasteiger partial charge in [-0.25, -0.2) is 0 Å². The number of likely N-dealkylation sites (tertiary alicyclic amines) is 1. The zero-order valence-electron chi connectivity index (χ0n) is 14.1. The Bertz CT molecular complexity index is 658. The molecule has 0 bridgehead atoms. The van der Waals surface area contributed by atoms with Crippen LogP contribution in [0.3, 0.4) is 0 Å². The van der Waals surface area contributed by atoms with Crippen molar-refractivity contribution in [3.8, 4) is 5.75 Å². The van der Waals surface area contributed by atoms with Gasteiger partial charge in [-0.05, 0) is 49.8 Å². The molecule has 130 valence electrons. The zero-order valence-corrected chi connectivity index (χ0v) is 14.9. The molecule has 1 aromatic carbocycles. The Hall–Kier alpha value is -1.75. The van der Waals surface area contributed by atoms with Crippen molar-refractivity contribution in [1.29, 1.82) is 0 Å². The molecule has 0 radical (unpaired) electrons. The highest BCUT2D eigenvalue weighted by Crippen LogP contribution is 2.49. The van der Waals surface area contributed by atoms with Gasteiger partial charge in [-0.1, -0.05) is 18.5 Å². The lowest BCUT2D eigenvalue weighted by atomic mass is 9.96. The smallest absolute Gasteiger partial charge is 0.240 e. The second-order valence-electron chi connectivity index (χ2n) is 6.88. The Labute approximate surface area is 147 Å². The van der Waals surface area contributed by atoms with Gasteiger partial charge in [0, 0.05) is 18.1 Å². The maximum absolute atomic E-state index is 12.9. The van der Waals surface area contributed by atoms with Crippen molar-refractivity contribution in [3.63, 3.8) is 0 Å². The second-order valence-corrected chi connectivity index (χ2v) is 7.32. The van der Waals surface area contributed by atoms with Gasteiger partial charge in [0.1, 0.15) is 11.2 Å². The average Bonchev–Trinajstić information content (AvgIpc) is 3.36. The first-order valence-corrected chi connectivity index (χ1v) is 8.78. The number of hydrogen-bond acceptors (Lipinski definition) is 3. The van der Waals surface area contributed by atoms with E-state index in [4.69, 9.17) is 16.3 Å². The van der Waals surface area contributed by atoms with E-state index in [1.807, 2.05) is 4.90 Å². The minimum absolute atomic E-state index is 0.0347. The number of rotatable bonds is 4. The quantitative estimate of drug-likeness (QED) is 0.847. The Morgan fingerprint density at radius 3 is 2.75 bits per heavy atom. The van der Waals surface area contributed by atoms with Crippen LogP contribution in [0.2, 0.25) is 5.02 Å². The molecule has 1 aliphatic carbocycles. The number of carbonyl (C=O) groups excluding carboxylic acids is 2. The molecule has 1 unspecified atom stereocenters. The summed E-state index contributed by atoms with van der Waals surface area (Å²) in [5.74, 6) is 0.732. The maximum Gasteiger partial charge on any atom is 0.240 e. The number of nitrogens with zero attached hydrogens (tertiary/aromatic N) is 1. The van der Waals surface area contributed by atoms with Gasteiger partial charge in [0.05, 0.1) is 12.8 Å². The van der Waals surface area contributed by atoms with Crippen LogP contribution in [-0.2, 0) is 9.59 Å². The van der Waals surface area contributed by atoms with Crippen LogP contribution in [-0.4, -0.2) is 36.9 Å². The van der Waals surface area contributed by atoms with Gasteiger partial charge in [0.2, 0.25) is 11.8 Å². The molecule has 1 N–H and O–H groups in total. The van der Waals surface area contributed by atoms with Gasteiger partial charge < -0.3 is 15.0 Å². The summed E-state index contributed by atoms with van der Waals surface area (Å²) in [6.45, 7) is 3.64. The average molecular weight is 351 g/mol. The molecule has 0 spiro atoms. The molecule has 2 fully saturated rings. The van der Waals surface area contributed by atoms with E-state index in [0.717, 1.165) is 25.9 Å². The number of benzene rings is 1. The number of hydrogen-bond donors (Lipinski definition) is 1. The molecule has 2 amide bonds. The summed E-state index contributed by atoms with van der Waals surface area (Å²) in [4.78, 5) is 27.5. The Kier molecular flexibility index (Phi) is 4.72. The van der Waals surface area contributed by atoms with E-state index in [1.54, 1.807) is 18.2 Å². The molecule has 1 aliphatic heterocycles. The van der Waals surface area contributed by atoms with Crippen molar-refractivity contribution in [2.75, 3.05) is 25.5 Å². The topological polar surface area (TPSA) is 58.6 Å². The van der Waals surface area contributed by atoms with Crippen LogP contribution in [0.4, 0.5) is 5.69 Å². The van der Waals surface area contributed by atoms with Crippen LogP contribution < -0.4 is 10.1 Å². The van der Waals surface area contributed by atoms with E-state index in [9.17, 15) is 9.59 Å². The summed E-state index contributed by atoms with van der Waals surface area (Å²) in [7, 11) is 1.53. The van der Waals surface area contributed by atoms with E-state index < -0.39 is 5.41 Å². The van der Waals surface area contributed by atoms with E-state index in [0.29, 0.717) is 35.2 Å². The maximum atomic E-state index is 12.9. The van der Waals surface area contributed by atoms with Gasteiger partial charge in [-0.15, -0.1) is 0 Å². The fourth-order valence-corrected chi connectivity index (χ4v) is 3.53. The number of methoxy groups -OCH3 is 1. The SMILES string of the molecule is COc1ccc(Cl)cc1NC(=O)C1(C(=O)N2CCCC(C)C2)CC1. The van der Waals surface area contributed by atoms with E-state index in [2.05, 4.69) is 12.2 Å². The fraction of sp³-hybridized carbons (Fsp3) is 0.556. The molecule has 6 heteroatoms. The molecule has 24 heavy (non-hydrogen) atoms. The first-order valence-electron chi connectivity index (χ1n) is 8.40. The Morgan fingerprint density at radius 1 is 1.38 bits per heavy atom. The predicted octanol–water partition coefficient (Wildman–Crippen LogP) is 3.33. The van der Waals surface area contributed by atoms with Crippen LogP contribution >= 0.6 is 11.6 Å². The van der Waals surface area contributed by atoms with Crippen molar-refractivity contribution in [3.05, 3.63) is 23.2 Å². The van der Waals surface area contributed by atoms with Gasteiger partial charge in [0.25, 0.3) is 0 Å². The molecule has 0 aromatic heterocycles. The summed E-state index contributed by atoms with van der Waals surface area (Å²) < 4.78 is 5.26. The van der Waals surface area contributed by atoms with Crippen molar-refractivity contribution in [2.24, 2.45) is 11.3 Å². The molecule has 1 heterocycles. The standard InChI is InChI=1S/C18H23ClN2O3/c1-12-4-3-9-21(11-12)17(23)18(7-8-18)16(22)20-14-10-13(19)5-6-15(14)24-2/h5-6,10,12H,3-4,7-9,11H2,1-2H3,(H,20,22). The third-order valence-corrected chi connectivity index (χ3v) is 5.18. The van der Waals surface area contributed by atoms with E-state index >= 15 is 0 Å². The van der Waals surface area contributed by atoms with Gasteiger partial charge >= 0.3 is 0 Å². The minimum Gasteiger partial charge on any atom is -0.495 e. The lowest BCUT2D eigenvalue weighted by molar-refractivity contribution is -0.143. The molecular weight excluding hydrogens is 328 g/mol. The molecule has 1 saturated heterocycles. The molecule has 1 saturated carbocycles. The number of amides is 2. The number of halogens is 1. The van der Waals surface area contributed by atoms with Crippen LogP contribution in [0.15, 0.2) is 18.2 Å². The number of ether oxygens (including phenoxy) is 1. The molecular formula is C18H23ClN2O3. The van der Waals surface area contributed by atoms with Crippen LogP contribution in [0.25, 0.3) is 0 Å². The lowest BCUT2D eigenvalue weighted by Crippen LogP contribution is -2.46. The number of piperidine rings is 1. The zero-order chi connectivity index (χ0) is 17.3. The van der Waals surface area contributed by atoms with Crippen molar-refractivity contribution >= 4 is 29.1 Å². The van der Waals surface area contributed by atoms with Crippen LogP contribution in [0.5, 0.6) is 5.75 Å². The number of nitrogens with one attached hydrogen (secondary N) is 1. The van der Waals surface area contributed by atoms with Gasteiger partial charge in [0.15, 0.2) is 0 Å². The lowest BCUT2D eigenvalue weighted by Gasteiger charge is -2.33. The van der Waals surface area contributed by atoms with Gasteiger partial charge in [-0.2, -0.15) is 0 Å². The van der Waals surface area contributed by atoms with Gasteiger partial charge in [-0.3, -0.25) is 9.59 Å². The molecule has 1 aromatic rings. The molecule has 3 rings (SSSR count). The highest BCUT2D eigenvalue weighted by molar-refractivity contribution is 6.31. The molecule has 1 atom stereocenters. The molecule has 2 aliphatic rings. The van der Waals surface area contributed by atoms with Crippen molar-refractivity contribution in [1.82, 2.24) is 4.90 Å². The van der Waals surface area contributed by atoms with Crippen molar-refractivity contribution in [2.45, 2.75) is 32.6 Å². The predicted molar refractivity (Wildman–Crippen MR) is 93.3 cm³/mol. The number of anilines is 1. The Balaban J connectivity index is 1.75. The summed E-state index contributed by atoms with van der Waals surface area (Å²) in [5, 5.41) is 3.35. The largest absolute Gasteiger partial charge is 0.495 e. The summed E-state index contributed by atoms with van der Waals surface area (Å²) in [6, 6.07) is 5.04. The number of carbonyl (C=O) groups is 2. The normalized spacial score (nSPS) is 22.0. The van der Waals surface area contributed by atoms with Crippen LogP contribution in [0, 0.1) is 11.3 Å². The summed E-state index contributed by atoms with van der Waals surface area (Å²) in [6.07, 6.45) is 3.35. The first kappa shape index (κ1) is 17.1. The fourth-order valence-electron chi connectivity index (χ4n) is 3.36. The third-order valence-electron chi connectivity index (χ3n) is 4.95. The van der Waals surface area contributed by atoms with Crippen molar-refractivity contribution < 1.29 is 14.3 Å². The van der Waals surface area contributed by atoms with Crippen LogP contribution in [0.1, 0.15) is 32.6 Å². The summed E-state index contributed by atoms with van der Waals surface area (Å²) >= 11 is 6.01. The highest BCUT2D eigenvalue weighted by Gasteiger charge is 2.58. The first-order chi connectivity index (χ1) is 11.5. The monoisotopic (exact) mass is 350 g/mol. The second kappa shape index (κ2) is 6.63. The summed E-state index contributed by atoms with van der Waals surface area (Å²) in [5.41, 5.74) is -0.411. The Morgan fingerprint density at radius 2 is 2.12 bits per heavy atom. The van der Waals surface area contributed by atoms with E-state index in [1.165, 1.54) is 7.11 Å².